The van der Waals surface area contributed by atoms with Gasteiger partial charge in [0.05, 0.1) is 0 Å². The molecule has 0 unspecified atom stereocenters. The van der Waals surface area contributed by atoms with Crippen LogP contribution in [0.1, 0.15) is 17.2 Å². The number of fused-ring (bicyclic) bond motifs is 1. The van der Waals surface area contributed by atoms with E-state index in [1.165, 1.54) is 21.7 Å². The van der Waals surface area contributed by atoms with Gasteiger partial charge >= 0.3 is 0 Å². The lowest BCUT2D eigenvalue weighted by atomic mass is 9.98. The highest BCUT2D eigenvalue weighted by atomic mass is 32.2. The summed E-state index contributed by atoms with van der Waals surface area (Å²) < 4.78 is 6.19. The number of nitrogens with one attached hydrogen (secondary N) is 1. The molecule has 3 aromatic rings. The van der Waals surface area contributed by atoms with Crippen LogP contribution in [-0.2, 0) is 9.61 Å². The minimum Gasteiger partial charge on any atom is -0.364 e. The summed E-state index contributed by atoms with van der Waals surface area (Å²) in [5.41, 5.74) is 3.69. The lowest BCUT2D eigenvalue weighted by molar-refractivity contribution is 0.348. The first-order valence-electron chi connectivity index (χ1n) is 8.19. The molecule has 0 spiro atoms. The smallest absolute Gasteiger partial charge is 0.143 e. The van der Waals surface area contributed by atoms with Gasteiger partial charge in [-0.1, -0.05) is 84.6 Å². The van der Waals surface area contributed by atoms with Crippen LogP contribution in [0.15, 0.2) is 89.8 Å². The van der Waals surface area contributed by atoms with Gasteiger partial charge in [0, 0.05) is 10.6 Å². The molecular weight excluding hydrogens is 314 g/mol. The third-order valence-corrected chi connectivity index (χ3v) is 6.17. The molecule has 1 fully saturated rings. The molecule has 2 nitrogen and oxygen atoms in total. The van der Waals surface area contributed by atoms with E-state index in [-0.39, 0.29) is 17.1 Å². The summed E-state index contributed by atoms with van der Waals surface area (Å²) in [5.74, 6) is 0. The minimum absolute atomic E-state index is 0.111. The molecule has 3 heteroatoms. The summed E-state index contributed by atoms with van der Waals surface area (Å²) in [6.45, 7) is 0. The van der Waals surface area contributed by atoms with Crippen LogP contribution in [0.2, 0.25) is 0 Å². The van der Waals surface area contributed by atoms with Crippen molar-refractivity contribution in [1.29, 1.82) is 0 Å². The molecule has 118 valence electrons. The van der Waals surface area contributed by atoms with Crippen molar-refractivity contribution in [2.24, 2.45) is 0 Å². The average Bonchev–Trinajstić information content (AvgIpc) is 3.37. The Morgan fingerprint density at radius 3 is 2.21 bits per heavy atom. The highest BCUT2D eigenvalue weighted by molar-refractivity contribution is 8.01. The molecule has 0 amide bonds. The summed E-state index contributed by atoms with van der Waals surface area (Å²) in [6, 6.07) is 29.6. The highest BCUT2D eigenvalue weighted by Gasteiger charge is 2.59. The van der Waals surface area contributed by atoms with E-state index in [0.717, 1.165) is 0 Å². The molecule has 0 radical (unpaired) electrons. The van der Waals surface area contributed by atoms with E-state index in [4.69, 9.17) is 4.74 Å². The zero-order valence-electron chi connectivity index (χ0n) is 13.1. The van der Waals surface area contributed by atoms with Crippen LogP contribution in [0.3, 0.4) is 0 Å². The van der Waals surface area contributed by atoms with Crippen molar-refractivity contribution in [2.75, 3.05) is 5.32 Å². The number of anilines is 1. The van der Waals surface area contributed by atoms with Crippen molar-refractivity contribution in [3.63, 3.8) is 0 Å². The van der Waals surface area contributed by atoms with Gasteiger partial charge in [0.15, 0.2) is 0 Å². The molecule has 1 N–H and O–H groups in total. The van der Waals surface area contributed by atoms with Crippen LogP contribution in [0.25, 0.3) is 0 Å². The lowest BCUT2D eigenvalue weighted by Gasteiger charge is -2.28. The zero-order chi connectivity index (χ0) is 16.0. The second kappa shape index (κ2) is 5.40. The Labute approximate surface area is 145 Å². The van der Waals surface area contributed by atoms with Gasteiger partial charge < -0.3 is 10.1 Å². The van der Waals surface area contributed by atoms with Gasteiger partial charge in [-0.15, -0.1) is 0 Å². The fourth-order valence-corrected chi connectivity index (χ4v) is 4.92. The molecule has 2 heterocycles. The summed E-state index contributed by atoms with van der Waals surface area (Å²) in [5, 5.41) is 3.76. The Morgan fingerprint density at radius 2 is 1.46 bits per heavy atom. The van der Waals surface area contributed by atoms with Gasteiger partial charge in [-0.3, -0.25) is 0 Å². The molecule has 3 atom stereocenters. The molecule has 24 heavy (non-hydrogen) atoms. The Hall–Kier alpha value is -2.23. The lowest BCUT2D eigenvalue weighted by Crippen LogP contribution is -2.34. The van der Waals surface area contributed by atoms with Crippen LogP contribution < -0.4 is 5.32 Å². The molecule has 2 aliphatic rings. The standard InChI is InChI=1S/C21H17NOS/c1-3-9-15(10-4-1)19-20(23-19)21(16-11-5-2-6-12-16)22-17-13-7-8-14-18(17)24-21/h1-14,19-20,22H/t19-,20-,21+/m1/s1. The third-order valence-electron chi connectivity index (χ3n) is 4.70. The molecule has 0 aliphatic carbocycles. The van der Waals surface area contributed by atoms with Gasteiger partial charge in [-0.25, -0.2) is 0 Å². The highest BCUT2D eigenvalue weighted by Crippen LogP contribution is 2.61. The van der Waals surface area contributed by atoms with Gasteiger partial charge in [0.2, 0.25) is 0 Å². The summed E-state index contributed by atoms with van der Waals surface area (Å²) in [4.78, 5) is 1.01. The predicted molar refractivity (Wildman–Crippen MR) is 98.1 cm³/mol. The average molecular weight is 331 g/mol. The van der Waals surface area contributed by atoms with Crippen LogP contribution in [0.4, 0.5) is 5.69 Å². The van der Waals surface area contributed by atoms with Gasteiger partial charge in [-0.2, -0.15) is 0 Å². The Kier molecular flexibility index (Phi) is 3.18. The largest absolute Gasteiger partial charge is 0.364 e. The number of hydrogen-bond donors (Lipinski definition) is 1. The van der Waals surface area contributed by atoms with E-state index in [1.54, 1.807) is 0 Å². The molecule has 0 bridgehead atoms. The fraction of sp³-hybridized carbons (Fsp3) is 0.143. The number of para-hydroxylation sites is 1. The quantitative estimate of drug-likeness (QED) is 0.668. The number of epoxide rings is 1. The first kappa shape index (κ1) is 14.1. The second-order valence-corrected chi connectivity index (χ2v) is 7.50. The Morgan fingerprint density at radius 1 is 0.792 bits per heavy atom. The summed E-state index contributed by atoms with van der Waals surface area (Å²) in [6.07, 6.45) is 0.250. The maximum absolute atomic E-state index is 6.19. The topological polar surface area (TPSA) is 24.6 Å². The Bertz CT molecular complexity index is 840. The summed E-state index contributed by atoms with van der Waals surface area (Å²) >= 11 is 1.87. The monoisotopic (exact) mass is 331 g/mol. The van der Waals surface area contributed by atoms with Crippen LogP contribution >= 0.6 is 11.8 Å². The second-order valence-electron chi connectivity index (χ2n) is 6.21. The first-order chi connectivity index (χ1) is 11.9. The number of rotatable bonds is 3. The van der Waals surface area contributed by atoms with Crippen molar-refractivity contribution >= 4 is 17.4 Å². The molecule has 0 saturated carbocycles. The van der Waals surface area contributed by atoms with Crippen LogP contribution in [0.5, 0.6) is 0 Å². The van der Waals surface area contributed by atoms with E-state index in [9.17, 15) is 0 Å². The van der Waals surface area contributed by atoms with E-state index in [1.807, 2.05) is 17.8 Å². The SMILES string of the molecule is c1ccc([C@H]2O[C@H]2[C@@]2(c3ccccc3)Nc3ccccc3S2)cc1. The van der Waals surface area contributed by atoms with Gasteiger partial charge in [0.25, 0.3) is 0 Å². The number of thioether (sulfide) groups is 1. The van der Waals surface area contributed by atoms with E-state index in [0.29, 0.717) is 0 Å². The van der Waals surface area contributed by atoms with Gasteiger partial charge in [0.1, 0.15) is 17.1 Å². The minimum atomic E-state index is -0.272. The van der Waals surface area contributed by atoms with E-state index in [2.05, 4.69) is 84.2 Å². The van der Waals surface area contributed by atoms with Gasteiger partial charge in [-0.05, 0) is 23.3 Å². The fourth-order valence-electron chi connectivity index (χ4n) is 3.49. The molecular formula is C21H17NOS. The number of ether oxygens (including phenoxy) is 1. The maximum Gasteiger partial charge on any atom is 0.143 e. The van der Waals surface area contributed by atoms with Crippen LogP contribution in [0, 0.1) is 0 Å². The summed E-state index contributed by atoms with van der Waals surface area (Å²) in [7, 11) is 0. The molecule has 3 aromatic carbocycles. The molecule has 1 saturated heterocycles. The third kappa shape index (κ3) is 2.16. The van der Waals surface area contributed by atoms with Crippen LogP contribution in [-0.4, -0.2) is 6.10 Å². The molecule has 0 aromatic heterocycles. The number of hydrogen-bond acceptors (Lipinski definition) is 3. The normalized spacial score (nSPS) is 27.3. The van der Waals surface area contributed by atoms with Crippen molar-refractivity contribution in [2.45, 2.75) is 22.0 Å². The van der Waals surface area contributed by atoms with Crippen molar-refractivity contribution in [3.8, 4) is 0 Å². The van der Waals surface area contributed by atoms with E-state index >= 15 is 0 Å². The zero-order valence-corrected chi connectivity index (χ0v) is 13.9. The Balaban J connectivity index is 1.56. The van der Waals surface area contributed by atoms with Crippen molar-refractivity contribution in [3.05, 3.63) is 96.1 Å². The van der Waals surface area contributed by atoms with Crippen molar-refractivity contribution in [1.82, 2.24) is 0 Å². The maximum atomic E-state index is 6.19. The predicted octanol–water partition coefficient (Wildman–Crippen LogP) is 5.20. The van der Waals surface area contributed by atoms with E-state index < -0.39 is 0 Å². The molecule has 2 aliphatic heterocycles. The molecule has 5 rings (SSSR count). The van der Waals surface area contributed by atoms with Crippen molar-refractivity contribution < 1.29 is 4.74 Å². The number of benzene rings is 3. The first-order valence-corrected chi connectivity index (χ1v) is 9.01.